The van der Waals surface area contributed by atoms with E-state index in [-0.39, 0.29) is 16.5 Å². The molecule has 2 aromatic carbocycles. The molecule has 0 radical (unpaired) electrons. The van der Waals surface area contributed by atoms with Crippen molar-refractivity contribution in [2.45, 2.75) is 258 Å². The summed E-state index contributed by atoms with van der Waals surface area (Å²) in [6.07, 6.45) is 52.0. The van der Waals surface area contributed by atoms with Crippen molar-refractivity contribution in [3.05, 3.63) is 59.7 Å². The monoisotopic (exact) mass is 875 g/mol. The molecule has 0 amide bonds. The van der Waals surface area contributed by atoms with Gasteiger partial charge < -0.3 is 0 Å². The maximum atomic E-state index is 4.96. The van der Waals surface area contributed by atoms with Crippen LogP contribution in [0.3, 0.4) is 0 Å². The summed E-state index contributed by atoms with van der Waals surface area (Å²) in [5.41, 5.74) is 5.06. The Hall–Kier alpha value is -2.61. The molecule has 61 heavy (non-hydrogen) atoms. The van der Waals surface area contributed by atoms with Gasteiger partial charge in [-0.2, -0.15) is 0 Å². The van der Waals surface area contributed by atoms with Crippen LogP contribution in [0.2, 0.25) is 0 Å². The van der Waals surface area contributed by atoms with Crippen molar-refractivity contribution in [2.24, 2.45) is 9.98 Å². The van der Waals surface area contributed by atoms with E-state index in [1.165, 1.54) is 205 Å². The zero-order valence-corrected chi connectivity index (χ0v) is 41.1. The third-order valence-electron chi connectivity index (χ3n) is 11.9. The van der Waals surface area contributed by atoms with E-state index in [1.807, 2.05) is 6.21 Å². The van der Waals surface area contributed by atoms with Crippen LogP contribution in [0.15, 0.2) is 58.5 Å². The summed E-state index contributed by atoms with van der Waals surface area (Å²) in [6, 6.07) is 16.7. The van der Waals surface area contributed by atoms with Crippen LogP contribution >= 0.6 is 0 Å². The second-order valence-electron chi connectivity index (χ2n) is 17.8. The number of rotatable bonds is 38. The number of benzene rings is 2. The average Bonchev–Trinajstić information content (AvgIpc) is 3.27. The van der Waals surface area contributed by atoms with Gasteiger partial charge in [-0.15, -0.1) is 0 Å². The Morgan fingerprint density at radius 2 is 0.672 bits per heavy atom. The van der Waals surface area contributed by atoms with Gasteiger partial charge in [-0.1, -0.05) is 243 Å². The number of aliphatic imine (C=N–C) groups is 2. The van der Waals surface area contributed by atoms with E-state index in [1.54, 1.807) is 0 Å². The minimum Gasteiger partial charge on any atom is -0.255 e. The quantitative estimate of drug-likeness (QED) is 0.0278. The van der Waals surface area contributed by atoms with Crippen LogP contribution in [0.1, 0.15) is 269 Å². The minimum absolute atomic E-state index is 0. The van der Waals surface area contributed by atoms with Gasteiger partial charge in [0.05, 0.1) is 17.1 Å². The molecule has 0 fully saturated rings. The number of hydrogen-bond donors (Lipinski definition) is 0. The SMILES string of the molecule is CCCCCCCCCCCCCCCCCCC#Cc1ccc(N=CC(CCCC)=Nc2ccc(C#CCCCCCCCCCCCCCCCCCC)cc2)cc1.[Ni]. The van der Waals surface area contributed by atoms with Crippen molar-refractivity contribution in [3.8, 4) is 23.7 Å². The standard InChI is InChI=1S/C58H92N2.Ni/c1-4-7-10-12-14-16-18-20-22-24-26-28-30-32-34-36-38-40-42-54-45-49-56(50-46-54)59-53-58(44-9-6-3)60-57-51-47-55(48-52-57)43-41-39-37-35-33-31-29-27-25-23-21-19-17-15-13-11-8-5-2;/h45-53H,4-39,44H2,1-3H3;. The van der Waals surface area contributed by atoms with Gasteiger partial charge in [0.1, 0.15) is 0 Å². The molecular formula is C58H92N2Ni. The largest absolute Gasteiger partial charge is 0.255 e. The van der Waals surface area contributed by atoms with E-state index in [0.29, 0.717) is 0 Å². The topological polar surface area (TPSA) is 24.7 Å². The molecule has 2 aromatic rings. The van der Waals surface area contributed by atoms with Crippen LogP contribution in [0.25, 0.3) is 0 Å². The summed E-state index contributed by atoms with van der Waals surface area (Å²) >= 11 is 0. The molecule has 0 spiro atoms. The second-order valence-corrected chi connectivity index (χ2v) is 17.8. The van der Waals surface area contributed by atoms with Gasteiger partial charge in [-0.3, -0.25) is 9.98 Å². The maximum absolute atomic E-state index is 4.96. The van der Waals surface area contributed by atoms with E-state index in [9.17, 15) is 0 Å². The van der Waals surface area contributed by atoms with Gasteiger partial charge in [0.2, 0.25) is 0 Å². The molecule has 0 atom stereocenters. The molecule has 0 aliphatic heterocycles. The third kappa shape index (κ3) is 35.5. The molecule has 2 rings (SSSR count). The summed E-state index contributed by atoms with van der Waals surface area (Å²) in [5.74, 6) is 13.5. The maximum Gasteiger partial charge on any atom is 0.0634 e. The normalized spacial score (nSPS) is 11.3. The Balaban J connectivity index is 0.0000186. The van der Waals surface area contributed by atoms with Gasteiger partial charge in [-0.05, 0) is 74.2 Å². The fourth-order valence-electron chi connectivity index (χ4n) is 7.92. The molecule has 0 unspecified atom stereocenters. The first-order chi connectivity index (χ1) is 29.7. The number of hydrogen-bond acceptors (Lipinski definition) is 2. The van der Waals surface area contributed by atoms with Crippen LogP contribution in [0.5, 0.6) is 0 Å². The minimum atomic E-state index is 0. The second kappa shape index (κ2) is 44.0. The fourth-order valence-corrected chi connectivity index (χ4v) is 7.92. The molecule has 0 aliphatic rings. The molecule has 0 saturated heterocycles. The predicted octanol–water partition coefficient (Wildman–Crippen LogP) is 19.4. The van der Waals surface area contributed by atoms with Crippen molar-refractivity contribution in [1.82, 2.24) is 0 Å². The van der Waals surface area contributed by atoms with Gasteiger partial charge in [0.15, 0.2) is 0 Å². The molecule has 0 aliphatic carbocycles. The zero-order valence-electron chi connectivity index (χ0n) is 40.1. The van der Waals surface area contributed by atoms with Gasteiger partial charge in [-0.25, -0.2) is 0 Å². The van der Waals surface area contributed by atoms with E-state index >= 15 is 0 Å². The van der Waals surface area contributed by atoms with Crippen LogP contribution in [-0.2, 0) is 16.5 Å². The van der Waals surface area contributed by atoms with Gasteiger partial charge in [0.25, 0.3) is 0 Å². The van der Waals surface area contributed by atoms with Crippen molar-refractivity contribution in [1.29, 1.82) is 0 Å². The zero-order chi connectivity index (χ0) is 42.7. The molecule has 0 heterocycles. The first-order valence-corrected chi connectivity index (χ1v) is 26.0. The number of nitrogens with zero attached hydrogens (tertiary/aromatic N) is 2. The molecule has 0 bridgehead atoms. The Labute approximate surface area is 389 Å². The molecule has 0 aromatic heterocycles. The third-order valence-corrected chi connectivity index (χ3v) is 11.9. The Morgan fingerprint density at radius 3 is 1.00 bits per heavy atom. The fraction of sp³-hybridized carbons (Fsp3) is 0.690. The van der Waals surface area contributed by atoms with Crippen molar-refractivity contribution < 1.29 is 16.5 Å². The molecule has 0 saturated carbocycles. The average molecular weight is 876 g/mol. The van der Waals surface area contributed by atoms with E-state index in [2.05, 4.69) is 93.0 Å². The van der Waals surface area contributed by atoms with Crippen molar-refractivity contribution >= 4 is 23.3 Å². The van der Waals surface area contributed by atoms with Gasteiger partial charge >= 0.3 is 0 Å². The first-order valence-electron chi connectivity index (χ1n) is 26.0. The smallest absolute Gasteiger partial charge is 0.0634 e. The summed E-state index contributed by atoms with van der Waals surface area (Å²) in [7, 11) is 0. The molecule has 3 heteroatoms. The Kier molecular flexibility index (Phi) is 40.7. The van der Waals surface area contributed by atoms with Gasteiger partial charge in [0, 0.05) is 46.7 Å². The predicted molar refractivity (Wildman–Crippen MR) is 270 cm³/mol. The van der Waals surface area contributed by atoms with Crippen molar-refractivity contribution in [3.63, 3.8) is 0 Å². The van der Waals surface area contributed by atoms with Crippen molar-refractivity contribution in [2.75, 3.05) is 0 Å². The molecule has 0 N–H and O–H groups in total. The first kappa shape index (κ1) is 56.4. The van der Waals surface area contributed by atoms with Crippen LogP contribution in [0, 0.1) is 23.7 Å². The molecular weight excluding hydrogens is 783 g/mol. The van der Waals surface area contributed by atoms with E-state index in [0.717, 1.165) is 60.3 Å². The number of unbranched alkanes of at least 4 members (excludes halogenated alkanes) is 33. The Morgan fingerprint density at radius 1 is 0.377 bits per heavy atom. The van der Waals surface area contributed by atoms with E-state index in [4.69, 9.17) is 9.98 Å². The van der Waals surface area contributed by atoms with Crippen LogP contribution < -0.4 is 0 Å². The summed E-state index contributed by atoms with van der Waals surface area (Å²) in [4.78, 5) is 9.75. The van der Waals surface area contributed by atoms with E-state index < -0.39 is 0 Å². The summed E-state index contributed by atoms with van der Waals surface area (Å²) < 4.78 is 0. The summed E-state index contributed by atoms with van der Waals surface area (Å²) in [5, 5.41) is 0. The summed E-state index contributed by atoms with van der Waals surface area (Å²) in [6.45, 7) is 6.82. The van der Waals surface area contributed by atoms with Crippen LogP contribution in [-0.4, -0.2) is 11.9 Å². The van der Waals surface area contributed by atoms with Crippen LogP contribution in [0.4, 0.5) is 11.4 Å². The Bertz CT molecular complexity index is 1430. The molecule has 344 valence electrons. The molecule has 2 nitrogen and oxygen atoms in total.